The summed E-state index contributed by atoms with van der Waals surface area (Å²) in [6.07, 6.45) is 6.05. The van der Waals surface area contributed by atoms with Crippen molar-refractivity contribution in [3.8, 4) is 0 Å². The molecular formula is C16H25BrN4. The Morgan fingerprint density at radius 2 is 1.86 bits per heavy atom. The normalized spacial score (nSPS) is 28.9. The van der Waals surface area contributed by atoms with Gasteiger partial charge in [-0.3, -0.25) is 0 Å². The lowest BCUT2D eigenvalue weighted by Gasteiger charge is -2.35. The zero-order valence-corrected chi connectivity index (χ0v) is 14.8. The first kappa shape index (κ1) is 15.2. The molecule has 1 aromatic rings. The largest absolute Gasteiger partial charge is 0.369 e. The molecule has 21 heavy (non-hydrogen) atoms. The minimum absolute atomic E-state index is 0.523. The van der Waals surface area contributed by atoms with E-state index in [0.29, 0.717) is 5.92 Å². The predicted molar refractivity (Wildman–Crippen MR) is 89.8 cm³/mol. The summed E-state index contributed by atoms with van der Waals surface area (Å²) in [7, 11) is 2.28. The van der Waals surface area contributed by atoms with Crippen LogP contribution in [0.3, 0.4) is 0 Å². The molecule has 0 amide bonds. The number of anilines is 1. The number of halogens is 1. The Labute approximate surface area is 135 Å². The number of rotatable bonds is 4. The predicted octanol–water partition coefficient (Wildman–Crippen LogP) is 3.57. The molecule has 116 valence electrons. The monoisotopic (exact) mass is 352 g/mol. The van der Waals surface area contributed by atoms with E-state index in [2.05, 4.69) is 47.0 Å². The molecule has 2 unspecified atom stereocenters. The Hall–Kier alpha value is -0.680. The van der Waals surface area contributed by atoms with Crippen molar-refractivity contribution in [2.45, 2.75) is 64.0 Å². The average Bonchev–Trinajstić information content (AvgIpc) is 2.71. The molecule has 2 fully saturated rings. The Kier molecular flexibility index (Phi) is 4.50. The molecule has 4 nitrogen and oxygen atoms in total. The summed E-state index contributed by atoms with van der Waals surface area (Å²) >= 11 is 3.65. The van der Waals surface area contributed by atoms with E-state index >= 15 is 0 Å². The number of hydrogen-bond acceptors (Lipinski definition) is 4. The van der Waals surface area contributed by atoms with Crippen LogP contribution in [0.5, 0.6) is 0 Å². The summed E-state index contributed by atoms with van der Waals surface area (Å²) in [5, 5.41) is 3.37. The molecule has 2 bridgehead atoms. The van der Waals surface area contributed by atoms with Gasteiger partial charge in [0.15, 0.2) is 0 Å². The van der Waals surface area contributed by atoms with Crippen molar-refractivity contribution in [2.75, 3.05) is 18.9 Å². The molecule has 1 aromatic heterocycles. The van der Waals surface area contributed by atoms with Gasteiger partial charge in [0.05, 0.1) is 10.2 Å². The second-order valence-corrected chi connectivity index (χ2v) is 7.09. The molecule has 3 heterocycles. The van der Waals surface area contributed by atoms with E-state index in [-0.39, 0.29) is 0 Å². The van der Waals surface area contributed by atoms with Gasteiger partial charge in [-0.1, -0.05) is 6.92 Å². The minimum atomic E-state index is 0.523. The molecule has 0 radical (unpaired) electrons. The van der Waals surface area contributed by atoms with Crippen LogP contribution in [0, 0.1) is 0 Å². The van der Waals surface area contributed by atoms with Crippen LogP contribution >= 0.6 is 15.9 Å². The first-order chi connectivity index (χ1) is 10.1. The zero-order chi connectivity index (χ0) is 15.0. The van der Waals surface area contributed by atoms with E-state index < -0.39 is 0 Å². The van der Waals surface area contributed by atoms with E-state index in [9.17, 15) is 0 Å². The summed E-state index contributed by atoms with van der Waals surface area (Å²) in [4.78, 5) is 12.3. The molecule has 0 spiro atoms. The summed E-state index contributed by atoms with van der Waals surface area (Å²) in [5.74, 6) is 2.54. The van der Waals surface area contributed by atoms with Gasteiger partial charge in [0.25, 0.3) is 0 Å². The maximum absolute atomic E-state index is 4.86. The summed E-state index contributed by atoms with van der Waals surface area (Å²) in [6, 6.07) is 1.46. The molecule has 2 aliphatic heterocycles. The van der Waals surface area contributed by atoms with E-state index in [1.807, 2.05) is 0 Å². The Morgan fingerprint density at radius 1 is 1.19 bits per heavy atom. The minimum Gasteiger partial charge on any atom is -0.369 e. The highest BCUT2D eigenvalue weighted by atomic mass is 79.9. The summed E-state index contributed by atoms with van der Waals surface area (Å²) in [5.41, 5.74) is 1.13. The van der Waals surface area contributed by atoms with E-state index in [1.165, 1.54) is 25.7 Å². The first-order valence-electron chi connectivity index (χ1n) is 8.16. The Bertz CT molecular complexity index is 505. The van der Waals surface area contributed by atoms with Crippen LogP contribution in [0.4, 0.5) is 5.82 Å². The first-order valence-corrected chi connectivity index (χ1v) is 8.95. The van der Waals surface area contributed by atoms with Gasteiger partial charge in [-0.15, -0.1) is 0 Å². The van der Waals surface area contributed by atoms with Crippen LogP contribution in [0.2, 0.25) is 0 Å². The quantitative estimate of drug-likeness (QED) is 0.899. The molecule has 2 saturated heterocycles. The molecule has 3 rings (SSSR count). The van der Waals surface area contributed by atoms with Crippen molar-refractivity contribution in [2.24, 2.45) is 0 Å². The Morgan fingerprint density at radius 3 is 2.43 bits per heavy atom. The third-order valence-electron chi connectivity index (χ3n) is 5.08. The summed E-state index contributed by atoms with van der Waals surface area (Å²) < 4.78 is 1.03. The average molecular weight is 353 g/mol. The second kappa shape index (κ2) is 6.21. The van der Waals surface area contributed by atoms with E-state index in [1.54, 1.807) is 0 Å². The maximum atomic E-state index is 4.86. The van der Waals surface area contributed by atoms with Crippen molar-refractivity contribution in [1.82, 2.24) is 14.9 Å². The molecule has 2 aliphatic rings. The number of nitrogens with one attached hydrogen (secondary N) is 1. The van der Waals surface area contributed by atoms with Gasteiger partial charge in [-0.2, -0.15) is 0 Å². The van der Waals surface area contributed by atoms with E-state index in [0.717, 1.165) is 46.9 Å². The highest BCUT2D eigenvalue weighted by Gasteiger charge is 2.40. The van der Waals surface area contributed by atoms with Gasteiger partial charge in [0, 0.05) is 24.5 Å². The second-order valence-electron chi connectivity index (χ2n) is 6.29. The standard InChI is InChI=1S/C16H25BrN4/c1-4-13-14(17)16(18-5-2)20-15(19-13)10-8-11-6-7-12(9-10)21(11)3/h10-12H,4-9H2,1-3H3,(H,18,19,20). The van der Waals surface area contributed by atoms with Gasteiger partial charge in [-0.25, -0.2) is 9.97 Å². The van der Waals surface area contributed by atoms with Crippen LogP contribution in [-0.2, 0) is 6.42 Å². The number of hydrogen-bond donors (Lipinski definition) is 1. The van der Waals surface area contributed by atoms with Crippen molar-refractivity contribution in [1.29, 1.82) is 0 Å². The maximum Gasteiger partial charge on any atom is 0.144 e. The topological polar surface area (TPSA) is 41.1 Å². The van der Waals surface area contributed by atoms with Gasteiger partial charge < -0.3 is 10.2 Å². The summed E-state index contributed by atoms with van der Waals surface area (Å²) in [6.45, 7) is 5.15. The van der Waals surface area contributed by atoms with E-state index in [4.69, 9.17) is 9.97 Å². The zero-order valence-electron chi connectivity index (χ0n) is 13.2. The van der Waals surface area contributed by atoms with Crippen LogP contribution in [0.25, 0.3) is 0 Å². The highest BCUT2D eigenvalue weighted by Crippen LogP contribution is 2.41. The van der Waals surface area contributed by atoms with Gasteiger partial charge in [0.1, 0.15) is 11.6 Å². The molecular weight excluding hydrogens is 328 g/mol. The lowest BCUT2D eigenvalue weighted by Crippen LogP contribution is -2.39. The molecule has 2 atom stereocenters. The van der Waals surface area contributed by atoms with Gasteiger partial charge in [-0.05, 0) is 62.0 Å². The van der Waals surface area contributed by atoms with Crippen molar-refractivity contribution >= 4 is 21.7 Å². The number of piperidine rings is 1. The fourth-order valence-corrected chi connectivity index (χ4v) is 4.43. The fraction of sp³-hybridized carbons (Fsp3) is 0.750. The third kappa shape index (κ3) is 2.82. The smallest absolute Gasteiger partial charge is 0.144 e. The van der Waals surface area contributed by atoms with Crippen LogP contribution < -0.4 is 5.32 Å². The van der Waals surface area contributed by atoms with Crippen molar-refractivity contribution in [3.63, 3.8) is 0 Å². The highest BCUT2D eigenvalue weighted by molar-refractivity contribution is 9.10. The Balaban J connectivity index is 1.90. The lowest BCUT2D eigenvalue weighted by atomic mass is 9.90. The number of aromatic nitrogens is 2. The number of aryl methyl sites for hydroxylation is 1. The van der Waals surface area contributed by atoms with Crippen LogP contribution in [0.15, 0.2) is 4.47 Å². The number of fused-ring (bicyclic) bond motifs is 2. The third-order valence-corrected chi connectivity index (χ3v) is 5.91. The van der Waals surface area contributed by atoms with Gasteiger partial charge in [0.2, 0.25) is 0 Å². The number of nitrogens with zero attached hydrogens (tertiary/aromatic N) is 3. The molecule has 0 aliphatic carbocycles. The molecule has 1 N–H and O–H groups in total. The SMILES string of the molecule is CCNc1nc(C2CC3CCC(C2)N3C)nc(CC)c1Br. The van der Waals surface area contributed by atoms with Crippen LogP contribution in [-0.4, -0.2) is 40.5 Å². The van der Waals surface area contributed by atoms with Crippen LogP contribution in [0.1, 0.15) is 57.0 Å². The molecule has 0 aromatic carbocycles. The fourth-order valence-electron chi connectivity index (χ4n) is 3.84. The lowest BCUT2D eigenvalue weighted by molar-refractivity contribution is 0.159. The van der Waals surface area contributed by atoms with Gasteiger partial charge >= 0.3 is 0 Å². The molecule has 5 heteroatoms. The molecule has 0 saturated carbocycles. The van der Waals surface area contributed by atoms with Crippen molar-refractivity contribution < 1.29 is 0 Å². The van der Waals surface area contributed by atoms with Crippen molar-refractivity contribution in [3.05, 3.63) is 16.0 Å².